The van der Waals surface area contributed by atoms with E-state index in [2.05, 4.69) is 32.9 Å². The van der Waals surface area contributed by atoms with Crippen molar-refractivity contribution in [2.24, 2.45) is 0 Å². The van der Waals surface area contributed by atoms with Crippen molar-refractivity contribution in [2.75, 3.05) is 37.6 Å². The van der Waals surface area contributed by atoms with Crippen LogP contribution in [0, 0.1) is 13.8 Å². The van der Waals surface area contributed by atoms with E-state index in [0.717, 1.165) is 56.4 Å². The molecule has 5 nitrogen and oxygen atoms in total. The van der Waals surface area contributed by atoms with Gasteiger partial charge in [0.05, 0.1) is 5.69 Å². The Morgan fingerprint density at radius 1 is 1.19 bits per heavy atom. The van der Waals surface area contributed by atoms with Gasteiger partial charge in [0.15, 0.2) is 0 Å². The van der Waals surface area contributed by atoms with Gasteiger partial charge in [-0.05, 0) is 25.5 Å². The molecule has 0 aromatic carbocycles. The van der Waals surface area contributed by atoms with Crippen molar-refractivity contribution in [1.29, 1.82) is 0 Å². The summed E-state index contributed by atoms with van der Waals surface area (Å²) in [5, 5.41) is 3.93. The summed E-state index contributed by atoms with van der Waals surface area (Å²) >= 11 is 0. The van der Waals surface area contributed by atoms with Gasteiger partial charge >= 0.3 is 0 Å². The SMILES string of the molecule is Cc1cc(CCN2CCN(c3ncccc3C)CC2)on1. The maximum atomic E-state index is 5.26. The van der Waals surface area contributed by atoms with Crippen LogP contribution in [0.4, 0.5) is 5.82 Å². The second-order valence-electron chi connectivity index (χ2n) is 5.66. The third-order valence-corrected chi connectivity index (χ3v) is 4.00. The molecule has 0 N–H and O–H groups in total. The highest BCUT2D eigenvalue weighted by Gasteiger charge is 2.19. The number of hydrogen-bond acceptors (Lipinski definition) is 5. The van der Waals surface area contributed by atoms with Gasteiger partial charge in [0.1, 0.15) is 11.6 Å². The smallest absolute Gasteiger partial charge is 0.138 e. The van der Waals surface area contributed by atoms with Crippen LogP contribution in [0.2, 0.25) is 0 Å². The largest absolute Gasteiger partial charge is 0.361 e. The average molecular weight is 286 g/mol. The van der Waals surface area contributed by atoms with Gasteiger partial charge in [-0.15, -0.1) is 0 Å². The molecule has 3 heterocycles. The fraction of sp³-hybridized carbons (Fsp3) is 0.500. The molecule has 0 atom stereocenters. The van der Waals surface area contributed by atoms with Gasteiger partial charge in [-0.3, -0.25) is 4.90 Å². The van der Waals surface area contributed by atoms with E-state index in [9.17, 15) is 0 Å². The summed E-state index contributed by atoms with van der Waals surface area (Å²) in [5.74, 6) is 2.11. The maximum Gasteiger partial charge on any atom is 0.138 e. The van der Waals surface area contributed by atoms with Crippen LogP contribution in [0.3, 0.4) is 0 Å². The molecule has 0 aliphatic carbocycles. The lowest BCUT2D eigenvalue weighted by molar-refractivity contribution is 0.250. The molecule has 1 fully saturated rings. The van der Waals surface area contributed by atoms with Crippen molar-refractivity contribution in [3.63, 3.8) is 0 Å². The van der Waals surface area contributed by atoms with Crippen molar-refractivity contribution in [3.05, 3.63) is 41.4 Å². The van der Waals surface area contributed by atoms with Gasteiger partial charge < -0.3 is 9.42 Å². The van der Waals surface area contributed by atoms with Gasteiger partial charge in [-0.2, -0.15) is 0 Å². The van der Waals surface area contributed by atoms with Crippen molar-refractivity contribution in [2.45, 2.75) is 20.3 Å². The quantitative estimate of drug-likeness (QED) is 0.861. The third-order valence-electron chi connectivity index (χ3n) is 4.00. The van der Waals surface area contributed by atoms with Gasteiger partial charge in [-0.1, -0.05) is 11.2 Å². The first-order chi connectivity index (χ1) is 10.2. The molecule has 1 aliphatic rings. The molecule has 1 saturated heterocycles. The summed E-state index contributed by atoms with van der Waals surface area (Å²) in [6, 6.07) is 6.14. The first-order valence-electron chi connectivity index (χ1n) is 7.53. The Bertz CT molecular complexity index is 587. The number of nitrogens with zero attached hydrogens (tertiary/aromatic N) is 4. The van der Waals surface area contributed by atoms with E-state index < -0.39 is 0 Å². The molecule has 3 rings (SSSR count). The van der Waals surface area contributed by atoms with E-state index in [1.165, 1.54) is 5.56 Å². The first kappa shape index (κ1) is 14.1. The van der Waals surface area contributed by atoms with E-state index in [1.54, 1.807) is 0 Å². The molecule has 2 aromatic rings. The van der Waals surface area contributed by atoms with E-state index in [0.29, 0.717) is 0 Å². The van der Waals surface area contributed by atoms with E-state index in [1.807, 2.05) is 25.3 Å². The van der Waals surface area contributed by atoms with Gasteiger partial charge in [0, 0.05) is 51.4 Å². The molecular formula is C16H22N4O. The Morgan fingerprint density at radius 2 is 2.00 bits per heavy atom. The Morgan fingerprint density at radius 3 is 2.67 bits per heavy atom. The molecule has 1 aliphatic heterocycles. The molecule has 5 heteroatoms. The number of rotatable bonds is 4. The van der Waals surface area contributed by atoms with Crippen LogP contribution in [0.5, 0.6) is 0 Å². The van der Waals surface area contributed by atoms with Crippen molar-refractivity contribution < 1.29 is 4.52 Å². The normalized spacial score (nSPS) is 16.4. The Hall–Kier alpha value is -1.88. The Kier molecular flexibility index (Phi) is 4.20. The van der Waals surface area contributed by atoms with Crippen LogP contribution in [0.1, 0.15) is 17.0 Å². The highest BCUT2D eigenvalue weighted by atomic mass is 16.5. The van der Waals surface area contributed by atoms with Crippen LogP contribution in [-0.2, 0) is 6.42 Å². The lowest BCUT2D eigenvalue weighted by Gasteiger charge is -2.35. The fourth-order valence-corrected chi connectivity index (χ4v) is 2.79. The minimum Gasteiger partial charge on any atom is -0.361 e. The van der Waals surface area contributed by atoms with E-state index in [4.69, 9.17) is 4.52 Å². The number of anilines is 1. The molecule has 112 valence electrons. The summed E-state index contributed by atoms with van der Waals surface area (Å²) in [6.45, 7) is 9.33. The third kappa shape index (κ3) is 3.42. The fourth-order valence-electron chi connectivity index (χ4n) is 2.79. The number of piperazine rings is 1. The predicted molar refractivity (Wildman–Crippen MR) is 82.6 cm³/mol. The van der Waals surface area contributed by atoms with Crippen LogP contribution >= 0.6 is 0 Å². The predicted octanol–water partition coefficient (Wildman–Crippen LogP) is 2.05. The number of hydrogen-bond donors (Lipinski definition) is 0. The topological polar surface area (TPSA) is 45.4 Å². The molecule has 2 aromatic heterocycles. The second kappa shape index (κ2) is 6.26. The highest BCUT2D eigenvalue weighted by Crippen LogP contribution is 2.17. The maximum absolute atomic E-state index is 5.26. The monoisotopic (exact) mass is 286 g/mol. The zero-order chi connectivity index (χ0) is 14.7. The summed E-state index contributed by atoms with van der Waals surface area (Å²) in [5.41, 5.74) is 2.21. The van der Waals surface area contributed by atoms with Crippen LogP contribution in [-0.4, -0.2) is 47.8 Å². The Labute approximate surface area is 125 Å². The van der Waals surface area contributed by atoms with Crippen molar-refractivity contribution in [1.82, 2.24) is 15.0 Å². The summed E-state index contributed by atoms with van der Waals surface area (Å²) < 4.78 is 5.26. The van der Waals surface area contributed by atoms with E-state index in [-0.39, 0.29) is 0 Å². The van der Waals surface area contributed by atoms with Gasteiger partial charge in [0.25, 0.3) is 0 Å². The molecule has 0 amide bonds. The summed E-state index contributed by atoms with van der Waals surface area (Å²) in [7, 11) is 0. The molecule has 0 unspecified atom stereocenters. The highest BCUT2D eigenvalue weighted by molar-refractivity contribution is 5.46. The zero-order valence-corrected chi connectivity index (χ0v) is 12.7. The minimum atomic E-state index is 0.934. The second-order valence-corrected chi connectivity index (χ2v) is 5.66. The zero-order valence-electron chi connectivity index (χ0n) is 12.7. The lowest BCUT2D eigenvalue weighted by Crippen LogP contribution is -2.47. The molecule has 0 bridgehead atoms. The van der Waals surface area contributed by atoms with E-state index >= 15 is 0 Å². The van der Waals surface area contributed by atoms with Gasteiger partial charge in [-0.25, -0.2) is 4.98 Å². The molecule has 21 heavy (non-hydrogen) atoms. The van der Waals surface area contributed by atoms with Crippen LogP contribution in [0.15, 0.2) is 28.9 Å². The molecule has 0 saturated carbocycles. The lowest BCUT2D eigenvalue weighted by atomic mass is 10.2. The molecule has 0 radical (unpaired) electrons. The van der Waals surface area contributed by atoms with Crippen molar-refractivity contribution >= 4 is 5.82 Å². The summed E-state index contributed by atoms with van der Waals surface area (Å²) in [6.07, 6.45) is 2.81. The number of pyridine rings is 1. The minimum absolute atomic E-state index is 0.934. The molecular weight excluding hydrogens is 264 g/mol. The van der Waals surface area contributed by atoms with Crippen LogP contribution < -0.4 is 4.90 Å². The molecule has 0 spiro atoms. The van der Waals surface area contributed by atoms with Gasteiger partial charge in [0.2, 0.25) is 0 Å². The number of aryl methyl sites for hydroxylation is 2. The van der Waals surface area contributed by atoms with Crippen molar-refractivity contribution in [3.8, 4) is 0 Å². The standard InChI is InChI=1S/C16H22N4O/c1-13-4-3-6-17-16(13)20-10-8-19(9-11-20)7-5-15-12-14(2)18-21-15/h3-4,6,12H,5,7-11H2,1-2H3. The Balaban J connectivity index is 1.50. The van der Waals surface area contributed by atoms with Crippen LogP contribution in [0.25, 0.3) is 0 Å². The summed E-state index contributed by atoms with van der Waals surface area (Å²) in [4.78, 5) is 9.37. The average Bonchev–Trinajstić information content (AvgIpc) is 2.92. The number of aromatic nitrogens is 2. The first-order valence-corrected chi connectivity index (χ1v) is 7.53.